The first-order valence-corrected chi connectivity index (χ1v) is 16.6. The molecule has 214 valence electrons. The highest BCUT2D eigenvalue weighted by atomic mass is 31.2. The summed E-state index contributed by atoms with van der Waals surface area (Å²) in [7, 11) is -1.94. The summed E-state index contributed by atoms with van der Waals surface area (Å²) in [5.41, 5.74) is 0.694. The maximum Gasteiger partial charge on any atom is 0.351 e. The molecule has 5 nitrogen and oxygen atoms in total. The van der Waals surface area contributed by atoms with Crippen LogP contribution in [0.3, 0.4) is 0 Å². The van der Waals surface area contributed by atoms with E-state index in [-0.39, 0.29) is 12.2 Å². The van der Waals surface area contributed by atoms with E-state index < -0.39 is 18.9 Å². The molecule has 0 bridgehead atoms. The maximum absolute atomic E-state index is 12.9. The molecule has 0 aliphatic carbocycles. The van der Waals surface area contributed by atoms with Crippen LogP contribution in [0.5, 0.6) is 0 Å². The first-order chi connectivity index (χ1) is 20.6. The molecule has 42 heavy (non-hydrogen) atoms. The summed E-state index contributed by atoms with van der Waals surface area (Å²) in [6, 6.07) is 39.5. The Bertz CT molecular complexity index is 1570. The molecule has 5 rings (SSSR count). The van der Waals surface area contributed by atoms with Crippen LogP contribution in [0.2, 0.25) is 0 Å². The smallest absolute Gasteiger partial charge is 0.351 e. The lowest BCUT2D eigenvalue weighted by atomic mass is 10.1. The van der Waals surface area contributed by atoms with Crippen molar-refractivity contribution in [2.45, 2.75) is 26.7 Å². The van der Waals surface area contributed by atoms with E-state index in [1.54, 1.807) is 6.07 Å². The third-order valence-electron chi connectivity index (χ3n) is 7.78. The Morgan fingerprint density at radius 2 is 1.29 bits per heavy atom. The van der Waals surface area contributed by atoms with Crippen LogP contribution in [0.25, 0.3) is 11.0 Å². The van der Waals surface area contributed by atoms with Crippen molar-refractivity contribution in [3.05, 3.63) is 131 Å². The third kappa shape index (κ3) is 6.17. The van der Waals surface area contributed by atoms with E-state index in [4.69, 9.17) is 9.15 Å². The van der Waals surface area contributed by atoms with Crippen molar-refractivity contribution in [2.24, 2.45) is 0 Å². The molecule has 4 aromatic carbocycles. The van der Waals surface area contributed by atoms with Gasteiger partial charge in [0, 0.05) is 30.2 Å². The van der Waals surface area contributed by atoms with Crippen LogP contribution in [0.4, 0.5) is 5.69 Å². The number of esters is 1. The first kappa shape index (κ1) is 29.3. The lowest BCUT2D eigenvalue weighted by molar-refractivity contribution is 0.0495. The number of carbonyl (C=O) groups excluding carboxylic acids is 1. The summed E-state index contributed by atoms with van der Waals surface area (Å²) in [4.78, 5) is 27.8. The third-order valence-corrected chi connectivity index (χ3v) is 12.3. The lowest BCUT2D eigenvalue weighted by Gasteiger charge is -2.27. The predicted molar refractivity (Wildman–Crippen MR) is 176 cm³/mol. The first-order valence-electron chi connectivity index (χ1n) is 14.6. The number of fused-ring (bicyclic) bond motifs is 1. The molecule has 0 unspecified atom stereocenters. The second kappa shape index (κ2) is 13.6. The molecular weight excluding hydrogens is 541 g/mol. The number of hydrogen-bond donors (Lipinski definition) is 0. The van der Waals surface area contributed by atoms with Crippen LogP contribution in [-0.2, 0) is 4.74 Å². The molecule has 0 saturated carbocycles. The fourth-order valence-electron chi connectivity index (χ4n) is 5.60. The average molecular weight is 579 g/mol. The van der Waals surface area contributed by atoms with E-state index in [0.717, 1.165) is 31.4 Å². The number of carbonyl (C=O) groups is 1. The van der Waals surface area contributed by atoms with Gasteiger partial charge in [-0.1, -0.05) is 54.6 Å². The van der Waals surface area contributed by atoms with Gasteiger partial charge in [0.25, 0.3) is 0 Å². The van der Waals surface area contributed by atoms with Crippen LogP contribution in [-0.4, -0.2) is 31.8 Å². The zero-order valence-corrected chi connectivity index (χ0v) is 25.1. The van der Waals surface area contributed by atoms with Crippen LogP contribution in [0.1, 0.15) is 37.0 Å². The van der Waals surface area contributed by atoms with Crippen molar-refractivity contribution < 1.29 is 13.9 Å². The predicted octanol–water partition coefficient (Wildman–Crippen LogP) is 6.57. The highest BCUT2D eigenvalue weighted by Gasteiger charge is 2.44. The lowest BCUT2D eigenvalue weighted by Crippen LogP contribution is -2.33. The Balaban J connectivity index is 1.31. The SMILES string of the molecule is CCN(CC)c1ccc2cc(C(=O)OCCCC[P+](c3ccccc3)(c3ccccc3)c3ccccc3)c(=O)oc2c1. The molecule has 0 radical (unpaired) electrons. The molecule has 0 aliphatic rings. The molecule has 1 heterocycles. The quantitative estimate of drug-likeness (QED) is 0.0726. The molecule has 6 heteroatoms. The van der Waals surface area contributed by atoms with Crippen molar-refractivity contribution in [1.29, 1.82) is 0 Å². The number of nitrogens with zero attached hydrogens (tertiary/aromatic N) is 1. The molecule has 0 aliphatic heterocycles. The highest BCUT2D eigenvalue weighted by molar-refractivity contribution is 7.95. The summed E-state index contributed by atoms with van der Waals surface area (Å²) in [5, 5.41) is 4.69. The summed E-state index contributed by atoms with van der Waals surface area (Å²) >= 11 is 0. The van der Waals surface area contributed by atoms with Crippen LogP contribution >= 0.6 is 7.26 Å². The average Bonchev–Trinajstić information content (AvgIpc) is 3.04. The standard InChI is InChI=1S/C36H37NO4P/c1-3-37(4-2)29-23-22-28-26-33(36(39)41-34(28)27-29)35(38)40-24-14-15-25-42(30-16-8-5-9-17-30,31-18-10-6-11-19-31)32-20-12-7-13-21-32/h5-13,16-23,26-27H,3-4,14-15,24-25H2,1-2H3/q+1. The van der Waals surface area contributed by atoms with Gasteiger partial charge in [0.2, 0.25) is 0 Å². The largest absolute Gasteiger partial charge is 0.462 e. The van der Waals surface area contributed by atoms with E-state index >= 15 is 0 Å². The second-order valence-corrected chi connectivity index (χ2v) is 13.8. The molecule has 5 aromatic rings. The van der Waals surface area contributed by atoms with Crippen LogP contribution < -0.4 is 26.4 Å². The van der Waals surface area contributed by atoms with Crippen molar-refractivity contribution >= 4 is 45.8 Å². The zero-order chi connectivity index (χ0) is 29.4. The van der Waals surface area contributed by atoms with Crippen molar-refractivity contribution in [1.82, 2.24) is 0 Å². The Morgan fingerprint density at radius 3 is 1.81 bits per heavy atom. The van der Waals surface area contributed by atoms with Gasteiger partial charge in [0.05, 0.1) is 12.8 Å². The van der Waals surface area contributed by atoms with Gasteiger partial charge >= 0.3 is 11.6 Å². The van der Waals surface area contributed by atoms with Crippen molar-refractivity contribution in [2.75, 3.05) is 30.8 Å². The minimum atomic E-state index is -1.94. The number of anilines is 1. The van der Waals surface area contributed by atoms with E-state index in [1.165, 1.54) is 15.9 Å². The minimum Gasteiger partial charge on any atom is -0.462 e. The van der Waals surface area contributed by atoms with Gasteiger partial charge in [0.15, 0.2) is 0 Å². The number of unbranched alkanes of at least 4 members (excludes halogenated alkanes) is 1. The number of rotatable bonds is 12. The van der Waals surface area contributed by atoms with Crippen molar-refractivity contribution in [3.63, 3.8) is 0 Å². The van der Waals surface area contributed by atoms with E-state index in [2.05, 4.69) is 110 Å². The van der Waals surface area contributed by atoms with E-state index in [0.29, 0.717) is 17.4 Å². The maximum atomic E-state index is 12.9. The van der Waals surface area contributed by atoms with Gasteiger partial charge in [-0.05, 0) is 81.3 Å². The molecule has 0 atom stereocenters. The Kier molecular flexibility index (Phi) is 9.51. The Morgan fingerprint density at radius 1 is 0.738 bits per heavy atom. The van der Waals surface area contributed by atoms with Gasteiger partial charge in [-0.3, -0.25) is 0 Å². The molecule has 0 N–H and O–H groups in total. The highest BCUT2D eigenvalue weighted by Crippen LogP contribution is 2.55. The summed E-state index contributed by atoms with van der Waals surface area (Å²) < 4.78 is 11.1. The van der Waals surface area contributed by atoms with Crippen LogP contribution in [0.15, 0.2) is 124 Å². The normalized spacial score (nSPS) is 11.4. The molecule has 1 aromatic heterocycles. The van der Waals surface area contributed by atoms with E-state index in [1.807, 2.05) is 18.2 Å². The van der Waals surface area contributed by atoms with Gasteiger partial charge in [-0.15, -0.1) is 0 Å². The minimum absolute atomic E-state index is 0.0715. The van der Waals surface area contributed by atoms with Gasteiger partial charge in [-0.25, -0.2) is 9.59 Å². The summed E-state index contributed by atoms with van der Waals surface area (Å²) in [5.74, 6) is -0.645. The number of hydrogen-bond acceptors (Lipinski definition) is 5. The number of ether oxygens (including phenoxy) is 1. The Hall–Kier alpha value is -4.21. The molecule has 0 saturated heterocycles. The topological polar surface area (TPSA) is 59.8 Å². The second-order valence-electron chi connectivity index (χ2n) is 10.2. The van der Waals surface area contributed by atoms with E-state index in [9.17, 15) is 9.59 Å². The van der Waals surface area contributed by atoms with Gasteiger partial charge in [-0.2, -0.15) is 0 Å². The fourth-order valence-corrected chi connectivity index (χ4v) is 10.0. The molecule has 0 spiro atoms. The van der Waals surface area contributed by atoms with Gasteiger partial charge in [0.1, 0.15) is 34.3 Å². The molecule has 0 amide bonds. The molecule has 0 fully saturated rings. The number of benzene rings is 4. The summed E-state index contributed by atoms with van der Waals surface area (Å²) in [6.07, 6.45) is 2.49. The van der Waals surface area contributed by atoms with Crippen LogP contribution in [0, 0.1) is 0 Å². The molecular formula is C36H37NO4P+. The van der Waals surface area contributed by atoms with Gasteiger partial charge < -0.3 is 14.1 Å². The zero-order valence-electron chi connectivity index (χ0n) is 24.2. The Labute approximate surface area is 248 Å². The fraction of sp³-hybridized carbons (Fsp3) is 0.222. The summed E-state index contributed by atoms with van der Waals surface area (Å²) in [6.45, 7) is 6.09. The van der Waals surface area contributed by atoms with Crippen molar-refractivity contribution in [3.8, 4) is 0 Å². The monoisotopic (exact) mass is 578 g/mol.